The summed E-state index contributed by atoms with van der Waals surface area (Å²) in [6.45, 7) is 0.0946. The van der Waals surface area contributed by atoms with Crippen molar-refractivity contribution in [2.45, 2.75) is 13.0 Å². The Morgan fingerprint density at radius 2 is 1.69 bits per heavy atom. The van der Waals surface area contributed by atoms with E-state index in [4.69, 9.17) is 19.3 Å². The number of ether oxygens (including phenoxy) is 3. The van der Waals surface area contributed by atoms with E-state index in [9.17, 15) is 9.59 Å². The Morgan fingerprint density at radius 3 is 2.31 bits per heavy atom. The largest absolute Gasteiger partial charge is 0.493 e. The van der Waals surface area contributed by atoms with Gasteiger partial charge >= 0.3 is 11.9 Å². The Labute approximate surface area is 151 Å². The molecule has 6 heteroatoms. The molecule has 0 fully saturated rings. The van der Waals surface area contributed by atoms with Crippen LogP contribution in [-0.4, -0.2) is 31.3 Å². The first-order chi connectivity index (χ1) is 12.5. The molecule has 136 valence electrons. The number of hydrogen-bond acceptors (Lipinski definition) is 5. The second-order valence-corrected chi connectivity index (χ2v) is 5.35. The summed E-state index contributed by atoms with van der Waals surface area (Å²) in [6, 6.07) is 14.1. The highest BCUT2D eigenvalue weighted by Gasteiger charge is 2.17. The van der Waals surface area contributed by atoms with Gasteiger partial charge in [-0.05, 0) is 23.3 Å². The first-order valence-corrected chi connectivity index (χ1v) is 7.90. The van der Waals surface area contributed by atoms with Crippen LogP contribution in [0, 0.1) is 0 Å². The van der Waals surface area contributed by atoms with Crippen LogP contribution in [0.2, 0.25) is 0 Å². The van der Waals surface area contributed by atoms with Gasteiger partial charge in [-0.1, -0.05) is 42.5 Å². The minimum atomic E-state index is -1.04. The molecule has 2 aromatic rings. The molecule has 0 atom stereocenters. The first-order valence-electron chi connectivity index (χ1n) is 7.90. The number of carbonyl (C=O) groups is 2. The lowest BCUT2D eigenvalue weighted by Gasteiger charge is -2.12. The van der Waals surface area contributed by atoms with Crippen LogP contribution in [0.15, 0.2) is 54.6 Å². The summed E-state index contributed by atoms with van der Waals surface area (Å²) in [5, 5.41) is 8.94. The minimum absolute atomic E-state index is 0.0946. The molecule has 0 unspecified atom stereocenters. The summed E-state index contributed by atoms with van der Waals surface area (Å²) in [4.78, 5) is 23.4. The quantitative estimate of drug-likeness (QED) is 0.577. The normalized spacial score (nSPS) is 10.9. The Bertz CT molecular complexity index is 795. The van der Waals surface area contributed by atoms with Gasteiger partial charge in [0.1, 0.15) is 6.61 Å². The molecule has 0 aromatic heterocycles. The molecule has 2 aromatic carbocycles. The molecule has 0 aliphatic rings. The van der Waals surface area contributed by atoms with Crippen LogP contribution in [0.1, 0.15) is 17.5 Å². The average molecular weight is 356 g/mol. The van der Waals surface area contributed by atoms with Gasteiger partial charge in [-0.2, -0.15) is 0 Å². The molecule has 0 aliphatic heterocycles. The number of rotatable bonds is 8. The fraction of sp³-hybridized carbons (Fsp3) is 0.200. The predicted octanol–water partition coefficient (Wildman–Crippen LogP) is 3.31. The van der Waals surface area contributed by atoms with Crippen LogP contribution in [0.3, 0.4) is 0 Å². The maximum absolute atomic E-state index is 12.5. The van der Waals surface area contributed by atoms with Crippen molar-refractivity contribution in [1.29, 1.82) is 0 Å². The molecule has 0 heterocycles. The average Bonchev–Trinajstić information content (AvgIpc) is 2.66. The molecule has 1 N–H and O–H groups in total. The van der Waals surface area contributed by atoms with Crippen LogP contribution >= 0.6 is 0 Å². The van der Waals surface area contributed by atoms with Crippen LogP contribution in [0.5, 0.6) is 11.5 Å². The molecular weight excluding hydrogens is 336 g/mol. The topological polar surface area (TPSA) is 82.1 Å². The van der Waals surface area contributed by atoms with Crippen molar-refractivity contribution in [3.63, 3.8) is 0 Å². The lowest BCUT2D eigenvalue weighted by Crippen LogP contribution is -2.08. The number of methoxy groups -OCH3 is 2. The zero-order valence-corrected chi connectivity index (χ0v) is 14.6. The molecule has 6 nitrogen and oxygen atoms in total. The highest BCUT2D eigenvalue weighted by atomic mass is 16.5. The Kier molecular flexibility index (Phi) is 6.79. The number of esters is 1. The highest BCUT2D eigenvalue weighted by molar-refractivity contribution is 6.16. The van der Waals surface area contributed by atoms with E-state index in [2.05, 4.69) is 0 Å². The van der Waals surface area contributed by atoms with E-state index in [1.165, 1.54) is 20.3 Å². The van der Waals surface area contributed by atoms with Crippen LogP contribution in [0.25, 0.3) is 5.57 Å². The fourth-order valence-corrected chi connectivity index (χ4v) is 2.31. The second kappa shape index (κ2) is 9.27. The molecule has 0 amide bonds. The van der Waals surface area contributed by atoms with Crippen LogP contribution in [-0.2, 0) is 20.9 Å². The third-order valence-corrected chi connectivity index (χ3v) is 3.61. The molecule has 0 radical (unpaired) electrons. The van der Waals surface area contributed by atoms with Crippen molar-refractivity contribution in [2.24, 2.45) is 0 Å². The molecule has 2 rings (SSSR count). The third-order valence-electron chi connectivity index (χ3n) is 3.61. The fourth-order valence-electron chi connectivity index (χ4n) is 2.31. The Balaban J connectivity index is 2.26. The maximum Gasteiger partial charge on any atom is 0.338 e. The van der Waals surface area contributed by atoms with Gasteiger partial charge in [-0.25, -0.2) is 4.79 Å². The van der Waals surface area contributed by atoms with E-state index < -0.39 is 11.9 Å². The number of carboxylic acid groups (broad SMARTS) is 1. The highest BCUT2D eigenvalue weighted by Crippen LogP contribution is 2.31. The number of carboxylic acids is 1. The third kappa shape index (κ3) is 5.11. The maximum atomic E-state index is 12.5. The molecule has 0 bridgehead atoms. The van der Waals surface area contributed by atoms with Crippen LogP contribution in [0.4, 0.5) is 0 Å². The monoisotopic (exact) mass is 356 g/mol. The SMILES string of the molecule is COc1ccc(C(=CCC(=O)O)C(=O)OCc2ccccc2)cc1OC. The van der Waals surface area contributed by atoms with E-state index in [1.54, 1.807) is 18.2 Å². The Hall–Kier alpha value is -3.28. The van der Waals surface area contributed by atoms with Gasteiger partial charge in [0.15, 0.2) is 11.5 Å². The number of benzene rings is 2. The standard InChI is InChI=1S/C20H20O6/c1-24-17-10-8-15(12-18(17)25-2)16(9-11-19(21)22)20(23)26-13-14-6-4-3-5-7-14/h3-10,12H,11,13H2,1-2H3,(H,21,22). The van der Waals surface area contributed by atoms with Crippen LogP contribution < -0.4 is 9.47 Å². The zero-order chi connectivity index (χ0) is 18.9. The summed E-state index contributed by atoms with van der Waals surface area (Å²) in [5.74, 6) is -0.713. The van der Waals surface area contributed by atoms with E-state index in [0.29, 0.717) is 17.1 Å². The summed E-state index contributed by atoms with van der Waals surface area (Å²) in [5.41, 5.74) is 1.48. The lowest BCUT2D eigenvalue weighted by molar-refractivity contribution is -0.137. The van der Waals surface area contributed by atoms with Gasteiger partial charge in [-0.15, -0.1) is 0 Å². The van der Waals surface area contributed by atoms with Gasteiger partial charge in [0.2, 0.25) is 0 Å². The Morgan fingerprint density at radius 1 is 1.00 bits per heavy atom. The first kappa shape index (κ1) is 19.1. The molecular formula is C20H20O6. The summed E-state index contributed by atoms with van der Waals surface area (Å²) in [6.07, 6.45) is 1.03. The van der Waals surface area contributed by atoms with Gasteiger partial charge in [-0.3, -0.25) is 4.79 Å². The van der Waals surface area contributed by atoms with E-state index in [0.717, 1.165) is 5.56 Å². The smallest absolute Gasteiger partial charge is 0.338 e. The lowest BCUT2D eigenvalue weighted by atomic mass is 10.0. The summed E-state index contributed by atoms with van der Waals surface area (Å²) >= 11 is 0. The molecule has 0 saturated carbocycles. The van der Waals surface area contributed by atoms with Gasteiger partial charge in [0.25, 0.3) is 0 Å². The summed E-state index contributed by atoms with van der Waals surface area (Å²) < 4.78 is 15.8. The number of carbonyl (C=O) groups excluding carboxylic acids is 1. The van der Waals surface area contributed by atoms with Gasteiger partial charge < -0.3 is 19.3 Å². The molecule has 0 saturated heterocycles. The number of aliphatic carboxylic acids is 1. The van der Waals surface area contributed by atoms with Gasteiger partial charge in [0.05, 0.1) is 26.2 Å². The van der Waals surface area contributed by atoms with Crippen molar-refractivity contribution in [3.8, 4) is 11.5 Å². The second-order valence-electron chi connectivity index (χ2n) is 5.35. The van der Waals surface area contributed by atoms with E-state index in [-0.39, 0.29) is 18.6 Å². The van der Waals surface area contributed by atoms with Gasteiger partial charge in [0, 0.05) is 0 Å². The molecule has 0 spiro atoms. The molecule has 26 heavy (non-hydrogen) atoms. The van der Waals surface area contributed by atoms with E-state index in [1.807, 2.05) is 30.3 Å². The minimum Gasteiger partial charge on any atom is -0.493 e. The zero-order valence-electron chi connectivity index (χ0n) is 14.6. The van der Waals surface area contributed by atoms with E-state index >= 15 is 0 Å². The van der Waals surface area contributed by atoms with Crippen molar-refractivity contribution >= 4 is 17.5 Å². The van der Waals surface area contributed by atoms with Crippen molar-refractivity contribution in [1.82, 2.24) is 0 Å². The van der Waals surface area contributed by atoms with Crippen molar-refractivity contribution in [2.75, 3.05) is 14.2 Å². The van der Waals surface area contributed by atoms with Crippen molar-refractivity contribution < 1.29 is 28.9 Å². The number of hydrogen-bond donors (Lipinski definition) is 1. The molecule has 0 aliphatic carbocycles. The summed E-state index contributed by atoms with van der Waals surface area (Å²) in [7, 11) is 2.99. The predicted molar refractivity (Wildman–Crippen MR) is 96.0 cm³/mol. The van der Waals surface area contributed by atoms with Crippen molar-refractivity contribution in [3.05, 3.63) is 65.7 Å².